The van der Waals surface area contributed by atoms with Crippen LogP contribution in [0.15, 0.2) is 41.5 Å². The highest BCUT2D eigenvalue weighted by molar-refractivity contribution is 8.14. The van der Waals surface area contributed by atoms with E-state index < -0.39 is 18.3 Å². The lowest BCUT2D eigenvalue weighted by Crippen LogP contribution is -2.41. The number of likely N-dealkylation sites (tertiary alicyclic amines) is 1. The first-order valence-electron chi connectivity index (χ1n) is 12.5. The first-order chi connectivity index (χ1) is 17.8. The highest BCUT2D eigenvalue weighted by Crippen LogP contribution is 2.37. The smallest absolute Gasteiger partial charge is 0.401 e. The van der Waals surface area contributed by atoms with Gasteiger partial charge in [0.15, 0.2) is 11.6 Å². The normalized spacial score (nSPS) is 16.6. The number of nitrogens with zero attached hydrogens (tertiary/aromatic N) is 3. The summed E-state index contributed by atoms with van der Waals surface area (Å²) in [6, 6.07) is 9.44. The third-order valence-electron chi connectivity index (χ3n) is 6.06. The van der Waals surface area contributed by atoms with Crippen molar-refractivity contribution in [2.24, 2.45) is 10.9 Å². The van der Waals surface area contributed by atoms with E-state index >= 15 is 0 Å². The molecule has 1 aromatic carbocycles. The van der Waals surface area contributed by atoms with Crippen LogP contribution in [-0.4, -0.2) is 58.5 Å². The quantitative estimate of drug-likeness (QED) is 0.272. The van der Waals surface area contributed by atoms with Crippen LogP contribution in [0.5, 0.6) is 5.75 Å². The minimum absolute atomic E-state index is 0.00204. The van der Waals surface area contributed by atoms with Gasteiger partial charge in [-0.1, -0.05) is 24.0 Å². The molecule has 2 aromatic rings. The molecular weight excluding hydrogens is 513 g/mol. The van der Waals surface area contributed by atoms with Gasteiger partial charge in [0.05, 0.1) is 11.6 Å². The molecule has 0 bridgehead atoms. The molecule has 2 heterocycles. The molecule has 1 aliphatic heterocycles. The Morgan fingerprint density at radius 3 is 2.63 bits per heavy atom. The maximum Gasteiger partial charge on any atom is 0.401 e. The molecule has 0 amide bonds. The Bertz CT molecular complexity index is 1180. The molecule has 1 aliphatic rings. The van der Waals surface area contributed by atoms with Crippen LogP contribution in [0.4, 0.5) is 19.0 Å². The van der Waals surface area contributed by atoms with Crippen molar-refractivity contribution < 1.29 is 23.0 Å². The van der Waals surface area contributed by atoms with E-state index in [1.54, 1.807) is 38.9 Å². The summed E-state index contributed by atoms with van der Waals surface area (Å²) >= 11 is 1.59. The molecule has 3 N–H and O–H groups in total. The summed E-state index contributed by atoms with van der Waals surface area (Å²) in [5.41, 5.74) is 7.59. The van der Waals surface area contributed by atoms with Crippen LogP contribution in [0.2, 0.25) is 0 Å². The summed E-state index contributed by atoms with van der Waals surface area (Å²) in [5, 5.41) is 10.8. The Labute approximate surface area is 226 Å². The first kappa shape index (κ1) is 29.8. The summed E-state index contributed by atoms with van der Waals surface area (Å²) < 4.78 is 44.1. The van der Waals surface area contributed by atoms with E-state index in [1.807, 2.05) is 37.3 Å². The van der Waals surface area contributed by atoms with Crippen molar-refractivity contribution in [1.82, 2.24) is 9.88 Å². The third kappa shape index (κ3) is 9.53. The second-order valence-electron chi connectivity index (χ2n) is 9.94. The highest BCUT2D eigenvalue weighted by atomic mass is 32.2. The van der Waals surface area contributed by atoms with Gasteiger partial charge in [-0.05, 0) is 76.0 Å². The van der Waals surface area contributed by atoms with Crippen molar-refractivity contribution in [3.63, 3.8) is 0 Å². The fourth-order valence-corrected chi connectivity index (χ4v) is 5.27. The lowest BCUT2D eigenvalue weighted by molar-refractivity contribution is -0.148. The van der Waals surface area contributed by atoms with Crippen molar-refractivity contribution >= 4 is 22.6 Å². The highest BCUT2D eigenvalue weighted by Gasteiger charge is 2.33. The molecule has 0 spiro atoms. The van der Waals surface area contributed by atoms with Gasteiger partial charge in [0.2, 0.25) is 0 Å². The van der Waals surface area contributed by atoms with E-state index in [-0.39, 0.29) is 23.6 Å². The number of benzene rings is 1. The SMILES string of the molecule is CN=C(SC(C)c1cnc(N)c(OCc2cccc(C#CC(C)(C)O)c2)c1)C1CCN(CC(F)(F)F)CC1. The van der Waals surface area contributed by atoms with Crippen molar-refractivity contribution in [2.75, 3.05) is 32.4 Å². The summed E-state index contributed by atoms with van der Waals surface area (Å²) in [6.07, 6.45) is -1.16. The second-order valence-corrected chi connectivity index (χ2v) is 11.3. The monoisotopic (exact) mass is 548 g/mol. The molecule has 1 aromatic heterocycles. The van der Waals surface area contributed by atoms with E-state index in [0.29, 0.717) is 31.7 Å². The number of alkyl halides is 3. The van der Waals surface area contributed by atoms with E-state index in [9.17, 15) is 18.3 Å². The van der Waals surface area contributed by atoms with Crippen LogP contribution in [0.25, 0.3) is 0 Å². The van der Waals surface area contributed by atoms with Crippen LogP contribution < -0.4 is 10.5 Å². The minimum Gasteiger partial charge on any atom is -0.485 e. The molecule has 0 saturated carbocycles. The molecule has 1 unspecified atom stereocenters. The van der Waals surface area contributed by atoms with Crippen LogP contribution in [0.1, 0.15) is 55.6 Å². The molecule has 1 saturated heterocycles. The minimum atomic E-state index is -4.17. The number of thioether (sulfide) groups is 1. The Balaban J connectivity index is 1.61. The van der Waals surface area contributed by atoms with Gasteiger partial charge in [-0.15, -0.1) is 11.8 Å². The van der Waals surface area contributed by atoms with Crippen LogP contribution in [-0.2, 0) is 6.61 Å². The number of halogens is 3. The topological polar surface area (TPSA) is 84.0 Å². The van der Waals surface area contributed by atoms with E-state index in [0.717, 1.165) is 21.7 Å². The fourth-order valence-electron chi connectivity index (χ4n) is 4.11. The van der Waals surface area contributed by atoms with Gasteiger partial charge >= 0.3 is 6.18 Å². The summed E-state index contributed by atoms with van der Waals surface area (Å²) in [7, 11) is 1.73. The van der Waals surface area contributed by atoms with E-state index in [4.69, 9.17) is 10.5 Å². The predicted octanol–water partition coefficient (Wildman–Crippen LogP) is 5.46. The van der Waals surface area contributed by atoms with Gasteiger partial charge in [-0.3, -0.25) is 9.89 Å². The summed E-state index contributed by atoms with van der Waals surface area (Å²) in [4.78, 5) is 10.2. The molecule has 206 valence electrons. The number of anilines is 1. The number of pyridine rings is 1. The fraction of sp³-hybridized carbons (Fsp3) is 0.500. The number of rotatable bonds is 7. The molecule has 1 fully saturated rings. The van der Waals surface area contributed by atoms with E-state index in [1.165, 1.54) is 4.90 Å². The Kier molecular flexibility index (Phi) is 10.1. The number of aliphatic hydroxyl groups is 1. The molecule has 38 heavy (non-hydrogen) atoms. The lowest BCUT2D eigenvalue weighted by atomic mass is 9.98. The van der Waals surface area contributed by atoms with Crippen molar-refractivity contribution in [3.05, 3.63) is 53.2 Å². The van der Waals surface area contributed by atoms with Gasteiger partial charge in [-0.2, -0.15) is 13.2 Å². The number of nitrogen functional groups attached to an aromatic ring is 1. The number of hydrogen-bond donors (Lipinski definition) is 2. The zero-order valence-corrected chi connectivity index (χ0v) is 23.0. The maximum absolute atomic E-state index is 12.7. The zero-order chi connectivity index (χ0) is 27.9. The largest absolute Gasteiger partial charge is 0.485 e. The standard InChI is InChI=1S/C28H35F3N4O2S/c1-19(38-26(33-4)22-9-12-35(13-10-22)18-28(29,30)31)23-15-24(25(32)34-16-23)37-17-21-7-5-6-20(14-21)8-11-27(2,3)36/h5-7,14-16,19,22,36H,9-10,12-13,17-18H2,1-4H3,(H2,32,34). The Hall–Kier alpha value is -2.74. The van der Waals surface area contributed by atoms with Gasteiger partial charge in [0, 0.05) is 30.0 Å². The molecule has 1 atom stereocenters. The first-order valence-corrected chi connectivity index (χ1v) is 13.4. The Morgan fingerprint density at radius 2 is 2.00 bits per heavy atom. The summed E-state index contributed by atoms with van der Waals surface area (Å²) in [6.45, 7) is 5.52. The Morgan fingerprint density at radius 1 is 1.29 bits per heavy atom. The molecule has 10 heteroatoms. The average Bonchev–Trinajstić information content (AvgIpc) is 2.85. The van der Waals surface area contributed by atoms with Gasteiger partial charge in [0.1, 0.15) is 12.2 Å². The number of ether oxygens (including phenoxy) is 1. The number of nitrogens with two attached hydrogens (primary N) is 1. The van der Waals surface area contributed by atoms with Gasteiger partial charge in [-0.25, -0.2) is 4.98 Å². The number of aliphatic imine (C=N–C) groups is 1. The third-order valence-corrected chi connectivity index (χ3v) is 7.45. The molecule has 0 radical (unpaired) electrons. The van der Waals surface area contributed by atoms with Gasteiger partial charge in [0.25, 0.3) is 0 Å². The zero-order valence-electron chi connectivity index (χ0n) is 22.2. The summed E-state index contributed by atoms with van der Waals surface area (Å²) in [5.74, 6) is 6.65. The van der Waals surface area contributed by atoms with E-state index in [2.05, 4.69) is 21.8 Å². The van der Waals surface area contributed by atoms with Crippen LogP contribution >= 0.6 is 11.8 Å². The molecular formula is C28H35F3N4O2S. The predicted molar refractivity (Wildman–Crippen MR) is 147 cm³/mol. The van der Waals surface area contributed by atoms with Crippen molar-refractivity contribution in [2.45, 2.75) is 57.2 Å². The van der Waals surface area contributed by atoms with Gasteiger partial charge < -0.3 is 15.6 Å². The number of piperidine rings is 1. The van der Waals surface area contributed by atoms with Crippen LogP contribution in [0, 0.1) is 17.8 Å². The average molecular weight is 549 g/mol. The second kappa shape index (κ2) is 12.9. The number of aromatic nitrogens is 1. The molecule has 0 aliphatic carbocycles. The van der Waals surface area contributed by atoms with Crippen molar-refractivity contribution in [1.29, 1.82) is 0 Å². The molecule has 3 rings (SSSR count). The molecule has 6 nitrogen and oxygen atoms in total. The van der Waals surface area contributed by atoms with Crippen LogP contribution in [0.3, 0.4) is 0 Å². The number of hydrogen-bond acceptors (Lipinski definition) is 7. The lowest BCUT2D eigenvalue weighted by Gasteiger charge is -2.33. The van der Waals surface area contributed by atoms with Crippen molar-refractivity contribution in [3.8, 4) is 17.6 Å². The maximum atomic E-state index is 12.7.